The van der Waals surface area contributed by atoms with Gasteiger partial charge in [-0.2, -0.15) is 0 Å². The molecular formula is C23H42O2. The molecule has 0 N–H and O–H groups in total. The van der Waals surface area contributed by atoms with Gasteiger partial charge in [-0.1, -0.05) is 63.3 Å². The molecule has 0 radical (unpaired) electrons. The van der Waals surface area contributed by atoms with Crippen LogP contribution in [-0.2, 0) is 9.53 Å². The number of hydrogen-bond donors (Lipinski definition) is 0. The molecule has 0 spiro atoms. The lowest BCUT2D eigenvalue weighted by Gasteiger charge is -2.06. The molecule has 1 fully saturated rings. The minimum Gasteiger partial charge on any atom is -0.463 e. The number of ether oxygens (including phenoxy) is 1. The van der Waals surface area contributed by atoms with Crippen LogP contribution in [0.5, 0.6) is 0 Å². The molecule has 0 aliphatic heterocycles. The Morgan fingerprint density at radius 3 is 2.32 bits per heavy atom. The van der Waals surface area contributed by atoms with E-state index in [1.807, 2.05) is 26.8 Å². The minimum absolute atomic E-state index is 0.0132. The van der Waals surface area contributed by atoms with Crippen LogP contribution in [0.4, 0.5) is 0 Å². The third kappa shape index (κ3) is 17.6. The summed E-state index contributed by atoms with van der Waals surface area (Å²) in [6, 6.07) is 0. The van der Waals surface area contributed by atoms with Crippen LogP contribution in [0.2, 0.25) is 0 Å². The summed E-state index contributed by atoms with van der Waals surface area (Å²) < 4.78 is 4.97. The highest BCUT2D eigenvalue weighted by Gasteiger charge is 2.10. The number of allylic oxidation sites excluding steroid dienone is 4. The number of rotatable bonds is 11. The molecule has 1 aliphatic carbocycles. The molecule has 0 aromatic heterocycles. The second kappa shape index (κ2) is 17.8. The molecule has 2 heteroatoms. The minimum atomic E-state index is -0.0884. The summed E-state index contributed by atoms with van der Waals surface area (Å²) in [5.74, 6) is 0.848. The molecule has 0 saturated heterocycles. The van der Waals surface area contributed by atoms with Crippen molar-refractivity contribution < 1.29 is 9.53 Å². The van der Waals surface area contributed by atoms with Crippen molar-refractivity contribution in [2.45, 2.75) is 111 Å². The van der Waals surface area contributed by atoms with E-state index in [4.69, 9.17) is 4.74 Å². The topological polar surface area (TPSA) is 26.3 Å². The number of unbranched alkanes of at least 4 members (excludes halogenated alkanes) is 5. The first kappa shape index (κ1) is 23.9. The summed E-state index contributed by atoms with van der Waals surface area (Å²) in [6.07, 6.45) is 24.1. The van der Waals surface area contributed by atoms with Crippen molar-refractivity contribution in [3.8, 4) is 0 Å². The van der Waals surface area contributed by atoms with E-state index in [1.165, 1.54) is 57.8 Å². The smallest absolute Gasteiger partial charge is 0.306 e. The summed E-state index contributed by atoms with van der Waals surface area (Å²) in [6.45, 7) is 7.98. The molecule has 1 aliphatic rings. The Morgan fingerprint density at radius 1 is 1.04 bits per heavy atom. The summed E-state index contributed by atoms with van der Waals surface area (Å²) >= 11 is 0. The average molecular weight is 351 g/mol. The number of hydrogen-bond acceptors (Lipinski definition) is 2. The zero-order valence-electron chi connectivity index (χ0n) is 17.3. The summed E-state index contributed by atoms with van der Waals surface area (Å²) in [5.41, 5.74) is 0. The first-order valence-electron chi connectivity index (χ1n) is 10.6. The fourth-order valence-corrected chi connectivity index (χ4v) is 2.98. The Balaban J connectivity index is 0.000000463. The highest BCUT2D eigenvalue weighted by molar-refractivity contribution is 5.69. The van der Waals surface area contributed by atoms with E-state index < -0.39 is 0 Å². The molecular weight excluding hydrogens is 308 g/mol. The number of esters is 1. The van der Waals surface area contributed by atoms with Gasteiger partial charge in [0.1, 0.15) is 0 Å². The predicted molar refractivity (Wildman–Crippen MR) is 110 cm³/mol. The Hall–Kier alpha value is -1.05. The van der Waals surface area contributed by atoms with Gasteiger partial charge in [-0.25, -0.2) is 0 Å². The van der Waals surface area contributed by atoms with Crippen molar-refractivity contribution in [3.05, 3.63) is 24.3 Å². The van der Waals surface area contributed by atoms with Gasteiger partial charge in [0, 0.05) is 6.42 Å². The lowest BCUT2D eigenvalue weighted by molar-refractivity contribution is -0.147. The van der Waals surface area contributed by atoms with E-state index in [9.17, 15) is 4.79 Å². The summed E-state index contributed by atoms with van der Waals surface area (Å²) in [5, 5.41) is 0. The Morgan fingerprint density at radius 2 is 1.72 bits per heavy atom. The van der Waals surface area contributed by atoms with Crippen molar-refractivity contribution in [3.63, 3.8) is 0 Å². The van der Waals surface area contributed by atoms with Crippen LogP contribution < -0.4 is 0 Å². The maximum atomic E-state index is 11.0. The number of carbonyl (C=O) groups is 1. The Bertz CT molecular complexity index is 349. The van der Waals surface area contributed by atoms with Gasteiger partial charge < -0.3 is 4.74 Å². The first-order chi connectivity index (χ1) is 12.1. The highest BCUT2D eigenvalue weighted by Crippen LogP contribution is 2.25. The van der Waals surface area contributed by atoms with Crippen LogP contribution in [0, 0.1) is 5.92 Å². The quantitative estimate of drug-likeness (QED) is 0.220. The Kier molecular flexibility index (Phi) is 17.0. The zero-order chi connectivity index (χ0) is 18.8. The van der Waals surface area contributed by atoms with E-state index in [-0.39, 0.29) is 12.1 Å². The van der Waals surface area contributed by atoms with E-state index >= 15 is 0 Å². The fraction of sp³-hybridized carbons (Fsp3) is 0.783. The maximum Gasteiger partial charge on any atom is 0.306 e. The summed E-state index contributed by atoms with van der Waals surface area (Å²) in [7, 11) is 0. The van der Waals surface area contributed by atoms with Gasteiger partial charge in [0.15, 0.2) is 0 Å². The highest BCUT2D eigenvalue weighted by atomic mass is 16.5. The zero-order valence-corrected chi connectivity index (χ0v) is 17.3. The van der Waals surface area contributed by atoms with Gasteiger partial charge in [-0.05, 0) is 65.2 Å². The van der Waals surface area contributed by atoms with Gasteiger partial charge in [0.25, 0.3) is 0 Å². The fourth-order valence-electron chi connectivity index (χ4n) is 2.98. The molecule has 0 heterocycles. The third-order valence-electron chi connectivity index (χ3n) is 4.39. The van der Waals surface area contributed by atoms with Gasteiger partial charge in [0.05, 0.1) is 6.10 Å². The van der Waals surface area contributed by atoms with Gasteiger partial charge >= 0.3 is 5.97 Å². The molecule has 2 nitrogen and oxygen atoms in total. The van der Waals surface area contributed by atoms with Crippen LogP contribution in [0.15, 0.2) is 24.3 Å². The van der Waals surface area contributed by atoms with Crippen molar-refractivity contribution in [1.82, 2.24) is 0 Å². The van der Waals surface area contributed by atoms with Crippen LogP contribution in [-0.4, -0.2) is 12.1 Å². The normalized spacial score (nSPS) is 15.1. The van der Waals surface area contributed by atoms with Gasteiger partial charge in [-0.15, -0.1) is 0 Å². The van der Waals surface area contributed by atoms with Gasteiger partial charge in [-0.3, -0.25) is 4.79 Å². The second-order valence-electron chi connectivity index (χ2n) is 7.32. The molecule has 0 aromatic rings. The van der Waals surface area contributed by atoms with E-state index in [1.54, 1.807) is 0 Å². The summed E-state index contributed by atoms with van der Waals surface area (Å²) in [4.78, 5) is 11.0. The van der Waals surface area contributed by atoms with Gasteiger partial charge in [0.2, 0.25) is 0 Å². The molecule has 1 saturated carbocycles. The molecule has 0 atom stereocenters. The monoisotopic (exact) mass is 350 g/mol. The van der Waals surface area contributed by atoms with Crippen molar-refractivity contribution in [2.24, 2.45) is 5.92 Å². The average Bonchev–Trinajstić information content (AvgIpc) is 3.08. The van der Waals surface area contributed by atoms with E-state index in [0.717, 1.165) is 18.8 Å². The van der Waals surface area contributed by atoms with Crippen molar-refractivity contribution >= 4 is 5.97 Å². The molecule has 25 heavy (non-hydrogen) atoms. The molecule has 146 valence electrons. The lowest BCUT2D eigenvalue weighted by atomic mass is 10.1. The predicted octanol–water partition coefficient (Wildman–Crippen LogP) is 7.39. The van der Waals surface area contributed by atoms with E-state index in [0.29, 0.717) is 6.42 Å². The standard InChI is InChI=1S/C13H24.C10H18O2/c1-2-3-4-5-6-7-10-13-11-8-9-12-13;1-4-5-6-7-8-10(11)12-9(2)3/h7,10,13H,2-6,8-9,11-12H2,1H3;4-5,9H,6-8H2,1-3H3/b10-7+;5-4-. The molecule has 0 amide bonds. The van der Waals surface area contributed by atoms with Crippen molar-refractivity contribution in [2.75, 3.05) is 0 Å². The van der Waals surface area contributed by atoms with Crippen LogP contribution in [0.1, 0.15) is 105 Å². The molecule has 0 aromatic carbocycles. The van der Waals surface area contributed by atoms with Crippen LogP contribution in [0.25, 0.3) is 0 Å². The maximum absolute atomic E-state index is 11.0. The lowest BCUT2D eigenvalue weighted by Crippen LogP contribution is -2.10. The van der Waals surface area contributed by atoms with Crippen LogP contribution in [0.3, 0.4) is 0 Å². The third-order valence-corrected chi connectivity index (χ3v) is 4.39. The molecule has 1 rings (SSSR count). The Labute approximate surface area is 157 Å². The van der Waals surface area contributed by atoms with Crippen molar-refractivity contribution in [1.29, 1.82) is 0 Å². The number of carbonyl (C=O) groups excluding carboxylic acids is 1. The van der Waals surface area contributed by atoms with E-state index in [2.05, 4.69) is 25.2 Å². The van der Waals surface area contributed by atoms with Crippen LogP contribution >= 0.6 is 0 Å². The SMILES string of the molecule is C/C=C\CCCC(=O)OC(C)C.CCCCCC/C=C/C1CCCC1. The largest absolute Gasteiger partial charge is 0.463 e. The first-order valence-corrected chi connectivity index (χ1v) is 10.6. The molecule has 0 bridgehead atoms. The second-order valence-corrected chi connectivity index (χ2v) is 7.32. The molecule has 0 unspecified atom stereocenters.